The Bertz CT molecular complexity index is 790. The summed E-state index contributed by atoms with van der Waals surface area (Å²) >= 11 is 0. The van der Waals surface area contributed by atoms with Gasteiger partial charge in [-0.15, -0.1) is 0 Å². The molecule has 0 atom stereocenters. The van der Waals surface area contributed by atoms with Gasteiger partial charge in [-0.1, -0.05) is 27.7 Å². The minimum Gasteiger partial charge on any atom is -0.456 e. The molecule has 0 aromatic carbocycles. The van der Waals surface area contributed by atoms with E-state index in [-0.39, 0.29) is 11.9 Å². The highest BCUT2D eigenvalue weighted by Gasteiger charge is 2.24. The van der Waals surface area contributed by atoms with E-state index in [4.69, 9.17) is 9.47 Å². The van der Waals surface area contributed by atoms with Crippen LogP contribution in [-0.2, 0) is 29.3 Å². The molecule has 7 heteroatoms. The van der Waals surface area contributed by atoms with Gasteiger partial charge in [0.1, 0.15) is 18.3 Å². The Hall–Kier alpha value is -2.41. The molecule has 0 amide bonds. The van der Waals surface area contributed by atoms with Gasteiger partial charge in [-0.2, -0.15) is 0 Å². The molecular formula is C18H22N4O3. The minimum absolute atomic E-state index is 0.235. The molecule has 0 saturated carbocycles. The maximum atomic E-state index is 11.1. The molecule has 0 N–H and O–H groups in total. The Morgan fingerprint density at radius 1 is 0.880 bits per heavy atom. The van der Waals surface area contributed by atoms with Crippen molar-refractivity contribution >= 4 is 5.97 Å². The van der Waals surface area contributed by atoms with Gasteiger partial charge in [0.15, 0.2) is 5.69 Å². The van der Waals surface area contributed by atoms with Crippen molar-refractivity contribution in [1.29, 1.82) is 0 Å². The van der Waals surface area contributed by atoms with E-state index in [1.54, 1.807) is 6.20 Å². The lowest BCUT2D eigenvalue weighted by atomic mass is 10.2. The Morgan fingerprint density at radius 3 is 2.20 bits per heavy atom. The van der Waals surface area contributed by atoms with E-state index >= 15 is 0 Å². The third-order valence-electron chi connectivity index (χ3n) is 3.94. The quantitative estimate of drug-likeness (QED) is 0.775. The summed E-state index contributed by atoms with van der Waals surface area (Å²) in [6, 6.07) is 0. The third kappa shape index (κ3) is 3.82. The predicted octanol–water partition coefficient (Wildman–Crippen LogP) is 2.90. The van der Waals surface area contributed by atoms with Crippen molar-refractivity contribution in [2.24, 2.45) is 0 Å². The maximum Gasteiger partial charge on any atom is 0.357 e. The summed E-state index contributed by atoms with van der Waals surface area (Å²) in [6.07, 6.45) is 3.55. The molecule has 25 heavy (non-hydrogen) atoms. The lowest BCUT2D eigenvalue weighted by Gasteiger charge is -2.03. The molecule has 0 fully saturated rings. The smallest absolute Gasteiger partial charge is 0.357 e. The number of rotatable bonds is 2. The summed E-state index contributed by atoms with van der Waals surface area (Å²) in [5.74, 6) is 1.91. The molecule has 2 aromatic heterocycles. The van der Waals surface area contributed by atoms with Crippen LogP contribution in [0.15, 0.2) is 12.4 Å². The molecule has 0 unspecified atom stereocenters. The summed E-state index contributed by atoms with van der Waals surface area (Å²) < 4.78 is 10.1. The number of hydrogen-bond acceptors (Lipinski definition) is 7. The zero-order valence-electron chi connectivity index (χ0n) is 14.9. The number of esters is 1. The number of aromatic nitrogens is 4. The molecule has 0 bridgehead atoms. The van der Waals surface area contributed by atoms with E-state index in [1.165, 1.54) is 0 Å². The van der Waals surface area contributed by atoms with E-state index in [9.17, 15) is 4.79 Å². The normalized spacial score (nSPS) is 14.9. The Labute approximate surface area is 146 Å². The first-order valence-corrected chi connectivity index (χ1v) is 8.41. The molecule has 0 aliphatic carbocycles. The van der Waals surface area contributed by atoms with Gasteiger partial charge < -0.3 is 9.47 Å². The molecule has 2 aliphatic rings. The van der Waals surface area contributed by atoms with Crippen molar-refractivity contribution in [1.82, 2.24) is 19.9 Å². The zero-order chi connectivity index (χ0) is 18.0. The molecule has 0 spiro atoms. The van der Waals surface area contributed by atoms with Gasteiger partial charge in [0.05, 0.1) is 18.9 Å². The largest absolute Gasteiger partial charge is 0.456 e. The van der Waals surface area contributed by atoms with Gasteiger partial charge in [0, 0.05) is 35.4 Å². The highest BCUT2D eigenvalue weighted by Crippen LogP contribution is 2.19. The van der Waals surface area contributed by atoms with Crippen LogP contribution < -0.4 is 0 Å². The fourth-order valence-electron chi connectivity index (χ4n) is 2.43. The topological polar surface area (TPSA) is 87.1 Å². The minimum atomic E-state index is -0.334. The third-order valence-corrected chi connectivity index (χ3v) is 3.94. The van der Waals surface area contributed by atoms with Crippen molar-refractivity contribution < 1.29 is 14.3 Å². The number of nitrogens with zero attached hydrogens (tertiary/aromatic N) is 4. The molecule has 4 heterocycles. The summed E-state index contributed by atoms with van der Waals surface area (Å²) in [5.41, 5.74) is 3.42. The fourth-order valence-corrected chi connectivity index (χ4v) is 2.43. The van der Waals surface area contributed by atoms with Crippen molar-refractivity contribution in [3.05, 3.63) is 46.6 Å². The molecule has 7 nitrogen and oxygen atoms in total. The van der Waals surface area contributed by atoms with Crippen LogP contribution in [0.25, 0.3) is 0 Å². The predicted molar refractivity (Wildman–Crippen MR) is 89.9 cm³/mol. The van der Waals surface area contributed by atoms with E-state index in [1.807, 2.05) is 20.0 Å². The second-order valence-electron chi connectivity index (χ2n) is 6.68. The van der Waals surface area contributed by atoms with Crippen molar-refractivity contribution in [3.8, 4) is 0 Å². The number of hydrogen-bond donors (Lipinski definition) is 0. The summed E-state index contributed by atoms with van der Waals surface area (Å²) in [7, 11) is 0. The van der Waals surface area contributed by atoms with Gasteiger partial charge in [-0.3, -0.25) is 0 Å². The molecule has 0 saturated heterocycles. The van der Waals surface area contributed by atoms with Gasteiger partial charge in [-0.25, -0.2) is 24.7 Å². The lowest BCUT2D eigenvalue weighted by Crippen LogP contribution is -2.04. The van der Waals surface area contributed by atoms with Crippen LogP contribution in [0.1, 0.15) is 78.5 Å². The van der Waals surface area contributed by atoms with Crippen LogP contribution in [0.3, 0.4) is 0 Å². The number of cyclic esters (lactones) is 1. The molecule has 0 radical (unpaired) electrons. The van der Waals surface area contributed by atoms with Crippen LogP contribution in [0.4, 0.5) is 0 Å². The van der Waals surface area contributed by atoms with E-state index < -0.39 is 0 Å². The van der Waals surface area contributed by atoms with Gasteiger partial charge in [0.2, 0.25) is 0 Å². The number of carbonyl (C=O) groups excluding carboxylic acids is 1. The van der Waals surface area contributed by atoms with E-state index in [0.29, 0.717) is 37.3 Å². The summed E-state index contributed by atoms with van der Waals surface area (Å²) in [5, 5.41) is 0. The van der Waals surface area contributed by atoms with Crippen LogP contribution in [0.5, 0.6) is 0 Å². The van der Waals surface area contributed by atoms with Crippen LogP contribution in [0, 0.1) is 0 Å². The Kier molecular flexibility index (Phi) is 5.03. The molecule has 2 aromatic rings. The lowest BCUT2D eigenvalue weighted by molar-refractivity contribution is 0.0530. The Morgan fingerprint density at radius 2 is 1.52 bits per heavy atom. The molecule has 4 rings (SSSR count). The number of carbonyl (C=O) groups is 1. The highest BCUT2D eigenvalue weighted by molar-refractivity contribution is 5.90. The van der Waals surface area contributed by atoms with Crippen LogP contribution >= 0.6 is 0 Å². The van der Waals surface area contributed by atoms with Gasteiger partial charge in [-0.05, 0) is 0 Å². The average molecular weight is 342 g/mol. The second kappa shape index (κ2) is 7.23. The van der Waals surface area contributed by atoms with Crippen molar-refractivity contribution in [2.45, 2.75) is 59.4 Å². The SMILES string of the molecule is CC(C)c1ncc2c(n1)C(=O)OC2.CC(C)c1ncc2c(n1)COC2. The average Bonchev–Trinajstić information content (AvgIpc) is 3.21. The fraction of sp³-hybridized carbons (Fsp3) is 0.500. The first-order valence-electron chi connectivity index (χ1n) is 8.41. The van der Waals surface area contributed by atoms with Crippen molar-refractivity contribution in [2.75, 3.05) is 0 Å². The molecular weight excluding hydrogens is 320 g/mol. The number of ether oxygens (including phenoxy) is 2. The highest BCUT2D eigenvalue weighted by atomic mass is 16.5. The van der Waals surface area contributed by atoms with Crippen molar-refractivity contribution in [3.63, 3.8) is 0 Å². The van der Waals surface area contributed by atoms with Crippen LogP contribution in [0.2, 0.25) is 0 Å². The Balaban J connectivity index is 0.000000146. The first-order chi connectivity index (χ1) is 12.0. The monoisotopic (exact) mass is 342 g/mol. The zero-order valence-corrected chi connectivity index (χ0v) is 14.9. The van der Waals surface area contributed by atoms with Gasteiger partial charge >= 0.3 is 5.97 Å². The summed E-state index contributed by atoms with van der Waals surface area (Å²) in [6.45, 7) is 9.80. The van der Waals surface area contributed by atoms with E-state index in [2.05, 4.69) is 33.8 Å². The molecule has 2 aliphatic heterocycles. The second-order valence-corrected chi connectivity index (χ2v) is 6.68. The van der Waals surface area contributed by atoms with E-state index in [0.717, 1.165) is 22.6 Å². The number of fused-ring (bicyclic) bond motifs is 2. The van der Waals surface area contributed by atoms with Gasteiger partial charge in [0.25, 0.3) is 0 Å². The van der Waals surface area contributed by atoms with Crippen LogP contribution in [-0.4, -0.2) is 25.9 Å². The first kappa shape index (κ1) is 17.4. The summed E-state index contributed by atoms with van der Waals surface area (Å²) in [4.78, 5) is 28.1. The standard InChI is InChI=1S/C9H10N2O2.C9H12N2O/c1-5(2)8-10-3-6-4-13-9(12)7(6)11-8;1-6(2)9-10-3-7-4-12-5-8(7)11-9/h3,5H,4H2,1-2H3;3,6H,4-5H2,1-2H3. The molecule has 132 valence electrons. The maximum absolute atomic E-state index is 11.1.